The molecule has 0 aliphatic heterocycles. The zero-order valence-electron chi connectivity index (χ0n) is 15.2. The molecule has 0 saturated heterocycles. The van der Waals surface area contributed by atoms with Crippen LogP contribution in [-0.4, -0.2) is 30.3 Å². The fraction of sp³-hybridized carbons (Fsp3) is 0.150. The van der Waals surface area contributed by atoms with E-state index in [1.165, 1.54) is 7.11 Å². The fourth-order valence-electron chi connectivity index (χ4n) is 2.33. The molecule has 0 fully saturated rings. The van der Waals surface area contributed by atoms with Crippen LogP contribution in [0.3, 0.4) is 0 Å². The first-order chi connectivity index (χ1) is 13.1. The molecule has 1 amide bonds. The molecular weight excluding hydrogens is 346 g/mol. The number of nitrogens with one attached hydrogen (secondary N) is 1. The largest absolute Gasteiger partial charge is 0.497 e. The highest BCUT2D eigenvalue weighted by molar-refractivity contribution is 6.05. The molecule has 138 valence electrons. The Bertz CT molecular complexity index is 925. The van der Waals surface area contributed by atoms with E-state index in [1.54, 1.807) is 55.6 Å². The van der Waals surface area contributed by atoms with Crippen molar-refractivity contribution in [3.8, 4) is 23.1 Å². The number of carbonyl (C=O) groups excluding carboxylic acids is 1. The van der Waals surface area contributed by atoms with Gasteiger partial charge in [-0.15, -0.1) is 5.10 Å². The molecule has 0 radical (unpaired) electrons. The third-order valence-corrected chi connectivity index (χ3v) is 3.77. The maximum absolute atomic E-state index is 12.5. The van der Waals surface area contributed by atoms with Crippen LogP contribution < -0.4 is 19.5 Å². The van der Waals surface area contributed by atoms with Gasteiger partial charge in [-0.05, 0) is 49.4 Å². The average molecular weight is 365 g/mol. The Labute approximate surface area is 156 Å². The van der Waals surface area contributed by atoms with E-state index in [0.717, 1.165) is 5.69 Å². The van der Waals surface area contributed by atoms with Gasteiger partial charge in [-0.3, -0.25) is 4.79 Å². The minimum Gasteiger partial charge on any atom is -0.497 e. The number of hydrogen-bond donors (Lipinski definition) is 1. The first kappa shape index (κ1) is 18.2. The zero-order valence-corrected chi connectivity index (χ0v) is 15.2. The third-order valence-electron chi connectivity index (χ3n) is 3.77. The van der Waals surface area contributed by atoms with Crippen LogP contribution in [0.1, 0.15) is 16.1 Å². The molecule has 3 rings (SSSR count). The molecular formula is C20H19N3O4. The summed E-state index contributed by atoms with van der Waals surface area (Å²) in [6.45, 7) is 1.85. The van der Waals surface area contributed by atoms with Gasteiger partial charge in [0.1, 0.15) is 17.2 Å². The smallest absolute Gasteiger partial charge is 0.255 e. The minimum absolute atomic E-state index is 0.264. The van der Waals surface area contributed by atoms with Gasteiger partial charge in [-0.2, -0.15) is 5.10 Å². The quantitative estimate of drug-likeness (QED) is 0.714. The van der Waals surface area contributed by atoms with Crippen LogP contribution in [-0.2, 0) is 0 Å². The highest BCUT2D eigenvalue weighted by Gasteiger charge is 2.11. The highest BCUT2D eigenvalue weighted by atomic mass is 16.5. The van der Waals surface area contributed by atoms with E-state index in [1.807, 2.05) is 13.0 Å². The van der Waals surface area contributed by atoms with Crippen LogP contribution in [0.15, 0.2) is 54.6 Å². The molecule has 2 aromatic carbocycles. The van der Waals surface area contributed by atoms with E-state index in [0.29, 0.717) is 34.4 Å². The van der Waals surface area contributed by atoms with Crippen molar-refractivity contribution in [3.05, 3.63) is 65.9 Å². The van der Waals surface area contributed by atoms with Gasteiger partial charge in [0.15, 0.2) is 0 Å². The number of benzene rings is 2. The predicted octanol–water partition coefficient (Wildman–Crippen LogP) is 3.85. The van der Waals surface area contributed by atoms with Crippen LogP contribution in [0.25, 0.3) is 0 Å². The molecule has 7 heteroatoms. The Hall–Kier alpha value is -3.61. The second kappa shape index (κ2) is 8.18. The number of ether oxygens (including phenoxy) is 3. The average Bonchev–Trinajstić information content (AvgIpc) is 2.70. The highest BCUT2D eigenvalue weighted by Crippen LogP contribution is 2.29. The van der Waals surface area contributed by atoms with Crippen LogP contribution in [0.4, 0.5) is 5.69 Å². The lowest BCUT2D eigenvalue weighted by atomic mass is 10.2. The monoisotopic (exact) mass is 365 g/mol. The second-order valence-corrected chi connectivity index (χ2v) is 5.66. The molecule has 0 aliphatic carbocycles. The van der Waals surface area contributed by atoms with Crippen molar-refractivity contribution in [3.63, 3.8) is 0 Å². The van der Waals surface area contributed by atoms with Crippen LogP contribution in [0.2, 0.25) is 0 Å². The minimum atomic E-state index is -0.264. The molecule has 0 saturated carbocycles. The van der Waals surface area contributed by atoms with Crippen molar-refractivity contribution >= 4 is 11.6 Å². The summed E-state index contributed by atoms with van der Waals surface area (Å²) in [4.78, 5) is 12.5. The Kier molecular flexibility index (Phi) is 5.51. The van der Waals surface area contributed by atoms with Gasteiger partial charge in [0, 0.05) is 17.7 Å². The van der Waals surface area contributed by atoms with Crippen molar-refractivity contribution in [2.24, 2.45) is 0 Å². The third kappa shape index (κ3) is 4.52. The number of anilines is 1. The van der Waals surface area contributed by atoms with Gasteiger partial charge >= 0.3 is 0 Å². The lowest BCUT2D eigenvalue weighted by molar-refractivity contribution is 0.102. The van der Waals surface area contributed by atoms with Gasteiger partial charge in [-0.1, -0.05) is 0 Å². The first-order valence-electron chi connectivity index (χ1n) is 8.20. The first-order valence-corrected chi connectivity index (χ1v) is 8.20. The van der Waals surface area contributed by atoms with Crippen LogP contribution in [0.5, 0.6) is 23.1 Å². The second-order valence-electron chi connectivity index (χ2n) is 5.66. The molecule has 0 spiro atoms. The van der Waals surface area contributed by atoms with Gasteiger partial charge in [0.2, 0.25) is 5.88 Å². The molecule has 0 unspecified atom stereocenters. The summed E-state index contributed by atoms with van der Waals surface area (Å²) in [5.41, 5.74) is 1.84. The van der Waals surface area contributed by atoms with Gasteiger partial charge in [-0.25, -0.2) is 0 Å². The summed E-state index contributed by atoms with van der Waals surface area (Å²) in [5.74, 6) is 1.85. The molecule has 0 bridgehead atoms. The topological polar surface area (TPSA) is 82.6 Å². The van der Waals surface area contributed by atoms with E-state index in [4.69, 9.17) is 14.2 Å². The van der Waals surface area contributed by atoms with Crippen LogP contribution >= 0.6 is 0 Å². The summed E-state index contributed by atoms with van der Waals surface area (Å²) in [5, 5.41) is 10.7. The molecule has 0 aliphatic rings. The number of aryl methyl sites for hydroxylation is 1. The number of amides is 1. The summed E-state index contributed by atoms with van der Waals surface area (Å²) in [7, 11) is 3.10. The summed E-state index contributed by atoms with van der Waals surface area (Å²) in [6.07, 6.45) is 0. The molecule has 7 nitrogen and oxygen atoms in total. The lowest BCUT2D eigenvalue weighted by Crippen LogP contribution is -2.12. The molecule has 1 aromatic heterocycles. The Balaban J connectivity index is 1.69. The van der Waals surface area contributed by atoms with Gasteiger partial charge < -0.3 is 19.5 Å². The summed E-state index contributed by atoms with van der Waals surface area (Å²) < 4.78 is 16.1. The SMILES string of the molecule is COc1ccc(NC(=O)c2ccc(Oc3ccc(C)nn3)cc2)c(OC)c1. The Morgan fingerprint density at radius 1 is 0.889 bits per heavy atom. The van der Waals surface area contributed by atoms with Crippen LogP contribution in [0, 0.1) is 6.92 Å². The van der Waals surface area contributed by atoms with E-state index in [2.05, 4.69) is 15.5 Å². The standard InChI is InChI=1S/C20H19N3O4/c1-13-4-11-19(23-22-13)27-15-7-5-14(6-8-15)20(24)21-17-10-9-16(25-2)12-18(17)26-3/h4-12H,1-3H3,(H,21,24). The molecule has 1 heterocycles. The van der Waals surface area contributed by atoms with Crippen molar-refractivity contribution in [2.75, 3.05) is 19.5 Å². The lowest BCUT2D eigenvalue weighted by Gasteiger charge is -2.12. The van der Waals surface area contributed by atoms with Gasteiger partial charge in [0.25, 0.3) is 5.91 Å². The number of methoxy groups -OCH3 is 2. The zero-order chi connectivity index (χ0) is 19.2. The van der Waals surface area contributed by atoms with Crippen molar-refractivity contribution in [2.45, 2.75) is 6.92 Å². The van der Waals surface area contributed by atoms with E-state index < -0.39 is 0 Å². The molecule has 27 heavy (non-hydrogen) atoms. The summed E-state index contributed by atoms with van der Waals surface area (Å²) >= 11 is 0. The maximum atomic E-state index is 12.5. The molecule has 3 aromatic rings. The number of carbonyl (C=O) groups is 1. The Morgan fingerprint density at radius 2 is 1.63 bits per heavy atom. The van der Waals surface area contributed by atoms with E-state index >= 15 is 0 Å². The number of nitrogens with zero attached hydrogens (tertiary/aromatic N) is 2. The molecule has 0 atom stereocenters. The maximum Gasteiger partial charge on any atom is 0.255 e. The van der Waals surface area contributed by atoms with E-state index in [-0.39, 0.29) is 5.91 Å². The fourth-order valence-corrected chi connectivity index (χ4v) is 2.33. The normalized spacial score (nSPS) is 10.2. The van der Waals surface area contributed by atoms with Crippen molar-refractivity contribution < 1.29 is 19.0 Å². The van der Waals surface area contributed by atoms with Crippen molar-refractivity contribution in [1.82, 2.24) is 10.2 Å². The number of rotatable bonds is 6. The molecule has 1 N–H and O–H groups in total. The van der Waals surface area contributed by atoms with Gasteiger partial charge in [0.05, 0.1) is 25.6 Å². The Morgan fingerprint density at radius 3 is 2.26 bits per heavy atom. The van der Waals surface area contributed by atoms with Crippen molar-refractivity contribution in [1.29, 1.82) is 0 Å². The summed E-state index contributed by atoms with van der Waals surface area (Å²) in [6, 6.07) is 15.5. The predicted molar refractivity (Wildman–Crippen MR) is 101 cm³/mol. The number of hydrogen-bond acceptors (Lipinski definition) is 6. The van der Waals surface area contributed by atoms with E-state index in [9.17, 15) is 4.79 Å². The number of aromatic nitrogens is 2.